The first-order valence-corrected chi connectivity index (χ1v) is 8.57. The van der Waals surface area contributed by atoms with Crippen LogP contribution in [-0.2, 0) is 4.74 Å². The van der Waals surface area contributed by atoms with Gasteiger partial charge in [0.15, 0.2) is 0 Å². The largest absolute Gasteiger partial charge is 0.374 e. The Balaban J connectivity index is 0.00000113. The fourth-order valence-electron chi connectivity index (χ4n) is 3.85. The molecule has 0 aromatic heterocycles. The zero-order valence-electron chi connectivity index (χ0n) is 14.2. The average molecular weight is 381 g/mol. The van der Waals surface area contributed by atoms with Crippen LogP contribution in [0.2, 0.25) is 0 Å². The van der Waals surface area contributed by atoms with Gasteiger partial charge in [-0.15, -0.1) is 24.8 Å². The van der Waals surface area contributed by atoms with E-state index in [-0.39, 0.29) is 24.8 Å². The van der Waals surface area contributed by atoms with Crippen LogP contribution in [-0.4, -0.2) is 49.8 Å². The van der Waals surface area contributed by atoms with Gasteiger partial charge < -0.3 is 10.1 Å². The summed E-state index contributed by atoms with van der Waals surface area (Å²) in [4.78, 5) is 2.55. The molecule has 2 aliphatic heterocycles. The minimum Gasteiger partial charge on any atom is -0.374 e. The molecule has 4 rings (SSSR count). The number of fused-ring (bicyclic) bond motifs is 1. The van der Waals surface area contributed by atoms with Gasteiger partial charge in [-0.3, -0.25) is 4.90 Å². The van der Waals surface area contributed by atoms with Crippen molar-refractivity contribution in [2.45, 2.75) is 18.1 Å². The van der Waals surface area contributed by atoms with Gasteiger partial charge in [0.1, 0.15) is 0 Å². The highest BCUT2D eigenvalue weighted by atomic mass is 35.5. The normalized spacial score (nSPS) is 22.8. The second-order valence-electron chi connectivity index (χ2n) is 6.56. The van der Waals surface area contributed by atoms with Crippen LogP contribution in [0, 0.1) is 0 Å². The van der Waals surface area contributed by atoms with E-state index in [9.17, 15) is 0 Å². The molecule has 2 aliphatic rings. The Hall–Kier alpha value is -1.10. The van der Waals surface area contributed by atoms with Crippen molar-refractivity contribution in [3.05, 3.63) is 71.8 Å². The summed E-state index contributed by atoms with van der Waals surface area (Å²) in [6, 6.07) is 22.2. The molecule has 5 heteroatoms. The van der Waals surface area contributed by atoms with E-state index in [2.05, 4.69) is 70.9 Å². The third-order valence-corrected chi connectivity index (χ3v) is 5.03. The number of nitrogens with one attached hydrogen (secondary N) is 1. The molecule has 3 nitrogen and oxygen atoms in total. The minimum atomic E-state index is 0. The monoisotopic (exact) mass is 380 g/mol. The number of likely N-dealkylation sites (tertiary alicyclic amines) is 1. The third-order valence-electron chi connectivity index (χ3n) is 5.03. The molecule has 2 aromatic rings. The standard InChI is InChI=1S/C20H24N2O.2ClH/c1-3-7-16(8-4-1)18(17-9-5-2-6-10-17)13-22-14-19-20(15-22)23-12-11-21-19;;/h1-10,18-21H,11-15H2;2*1H/t19-,20-;;/m0../s1. The zero-order chi connectivity index (χ0) is 15.5. The lowest BCUT2D eigenvalue weighted by Gasteiger charge is -2.25. The summed E-state index contributed by atoms with van der Waals surface area (Å²) in [6.07, 6.45) is 0.357. The molecule has 0 saturated carbocycles. The van der Waals surface area contributed by atoms with Gasteiger partial charge >= 0.3 is 0 Å². The molecule has 0 aliphatic carbocycles. The first-order valence-electron chi connectivity index (χ1n) is 8.57. The van der Waals surface area contributed by atoms with Crippen LogP contribution in [0.15, 0.2) is 60.7 Å². The Morgan fingerprint density at radius 1 is 0.920 bits per heavy atom. The first kappa shape index (κ1) is 20.2. The molecular formula is C20H26Cl2N2O. The molecule has 136 valence electrons. The number of hydrogen-bond donors (Lipinski definition) is 1. The number of morpholine rings is 1. The van der Waals surface area contributed by atoms with Crippen LogP contribution in [0.4, 0.5) is 0 Å². The Kier molecular flexibility index (Phi) is 7.73. The maximum Gasteiger partial charge on any atom is 0.0867 e. The molecule has 2 atom stereocenters. The van der Waals surface area contributed by atoms with E-state index in [4.69, 9.17) is 4.74 Å². The predicted octanol–water partition coefficient (Wildman–Crippen LogP) is 3.33. The average Bonchev–Trinajstić information content (AvgIpc) is 3.04. The van der Waals surface area contributed by atoms with Gasteiger partial charge in [-0.2, -0.15) is 0 Å². The summed E-state index contributed by atoms with van der Waals surface area (Å²) in [5.74, 6) is 0.414. The molecule has 25 heavy (non-hydrogen) atoms. The van der Waals surface area contributed by atoms with Crippen molar-refractivity contribution in [3.63, 3.8) is 0 Å². The molecule has 1 N–H and O–H groups in total. The van der Waals surface area contributed by atoms with Crippen molar-refractivity contribution >= 4 is 24.8 Å². The first-order chi connectivity index (χ1) is 11.4. The van der Waals surface area contributed by atoms with Crippen molar-refractivity contribution in [2.24, 2.45) is 0 Å². The minimum absolute atomic E-state index is 0. The van der Waals surface area contributed by atoms with Crippen molar-refractivity contribution in [3.8, 4) is 0 Å². The molecule has 2 aromatic carbocycles. The Labute approximate surface area is 162 Å². The summed E-state index contributed by atoms with van der Waals surface area (Å²) in [5, 5.41) is 3.60. The fourth-order valence-corrected chi connectivity index (χ4v) is 3.85. The highest BCUT2D eigenvalue weighted by Gasteiger charge is 2.36. The van der Waals surface area contributed by atoms with Crippen LogP contribution in [0.3, 0.4) is 0 Å². The van der Waals surface area contributed by atoms with Gasteiger partial charge in [0.05, 0.1) is 12.7 Å². The molecule has 0 bridgehead atoms. The second-order valence-corrected chi connectivity index (χ2v) is 6.56. The maximum atomic E-state index is 5.92. The molecule has 0 radical (unpaired) electrons. The van der Waals surface area contributed by atoms with Crippen LogP contribution < -0.4 is 5.32 Å². The van der Waals surface area contributed by atoms with E-state index >= 15 is 0 Å². The zero-order valence-corrected chi connectivity index (χ0v) is 15.8. The maximum absolute atomic E-state index is 5.92. The van der Waals surface area contributed by atoms with Crippen LogP contribution in [0.5, 0.6) is 0 Å². The second kappa shape index (κ2) is 9.56. The summed E-state index contributed by atoms with van der Waals surface area (Å²) >= 11 is 0. The third kappa shape index (κ3) is 4.75. The van der Waals surface area contributed by atoms with Gasteiger partial charge in [-0.25, -0.2) is 0 Å². The van der Waals surface area contributed by atoms with Crippen LogP contribution >= 0.6 is 24.8 Å². The number of nitrogens with zero attached hydrogens (tertiary/aromatic N) is 1. The quantitative estimate of drug-likeness (QED) is 0.879. The summed E-state index contributed by atoms with van der Waals surface area (Å²) < 4.78 is 5.92. The number of ether oxygens (including phenoxy) is 1. The topological polar surface area (TPSA) is 24.5 Å². The van der Waals surface area contributed by atoms with Crippen LogP contribution in [0.25, 0.3) is 0 Å². The van der Waals surface area contributed by atoms with Crippen LogP contribution in [0.1, 0.15) is 17.0 Å². The SMILES string of the molecule is Cl.Cl.c1ccc(C(CN2C[C@@H]3NCCO[C@H]3C2)c2ccccc2)cc1. The summed E-state index contributed by atoms with van der Waals surface area (Å²) in [7, 11) is 0. The van der Waals surface area contributed by atoms with E-state index in [1.807, 2.05) is 0 Å². The summed E-state index contributed by atoms with van der Waals surface area (Å²) in [5.41, 5.74) is 2.78. The smallest absolute Gasteiger partial charge is 0.0867 e. The highest BCUT2D eigenvalue weighted by Crippen LogP contribution is 2.28. The molecular weight excluding hydrogens is 355 g/mol. The van der Waals surface area contributed by atoms with Gasteiger partial charge in [0, 0.05) is 38.1 Å². The van der Waals surface area contributed by atoms with Gasteiger partial charge in [0.25, 0.3) is 0 Å². The molecule has 0 unspecified atom stereocenters. The molecule has 0 spiro atoms. The van der Waals surface area contributed by atoms with Crippen molar-refractivity contribution in [2.75, 3.05) is 32.8 Å². The lowest BCUT2D eigenvalue weighted by Crippen LogP contribution is -2.47. The van der Waals surface area contributed by atoms with E-state index in [1.165, 1.54) is 11.1 Å². The molecule has 0 amide bonds. The lowest BCUT2D eigenvalue weighted by molar-refractivity contribution is 0.0177. The number of halogens is 2. The number of hydrogen-bond acceptors (Lipinski definition) is 3. The van der Waals surface area contributed by atoms with Crippen molar-refractivity contribution < 1.29 is 4.74 Å². The van der Waals surface area contributed by atoms with Gasteiger partial charge in [-0.1, -0.05) is 60.7 Å². The predicted molar refractivity (Wildman–Crippen MR) is 107 cm³/mol. The number of benzene rings is 2. The van der Waals surface area contributed by atoms with E-state index in [0.717, 1.165) is 32.8 Å². The summed E-state index contributed by atoms with van der Waals surface area (Å²) in [6.45, 7) is 4.99. The van der Waals surface area contributed by atoms with E-state index < -0.39 is 0 Å². The lowest BCUT2D eigenvalue weighted by atomic mass is 9.91. The van der Waals surface area contributed by atoms with E-state index in [1.54, 1.807) is 0 Å². The van der Waals surface area contributed by atoms with Gasteiger partial charge in [-0.05, 0) is 11.1 Å². The number of rotatable bonds is 4. The Morgan fingerprint density at radius 2 is 1.52 bits per heavy atom. The molecule has 2 fully saturated rings. The van der Waals surface area contributed by atoms with Crippen molar-refractivity contribution in [1.82, 2.24) is 10.2 Å². The Bertz CT molecular complexity index is 573. The highest BCUT2D eigenvalue weighted by molar-refractivity contribution is 5.85. The van der Waals surface area contributed by atoms with E-state index in [0.29, 0.717) is 18.1 Å². The molecule has 2 heterocycles. The van der Waals surface area contributed by atoms with Crippen molar-refractivity contribution in [1.29, 1.82) is 0 Å². The van der Waals surface area contributed by atoms with Gasteiger partial charge in [0.2, 0.25) is 0 Å². The fraction of sp³-hybridized carbons (Fsp3) is 0.400. The Morgan fingerprint density at radius 3 is 2.08 bits per heavy atom. The molecule has 2 saturated heterocycles.